The molecule has 0 spiro atoms. The summed E-state index contributed by atoms with van der Waals surface area (Å²) in [7, 11) is 0. The van der Waals surface area contributed by atoms with Crippen LogP contribution in [0.3, 0.4) is 0 Å². The van der Waals surface area contributed by atoms with E-state index in [0.29, 0.717) is 0 Å². The highest BCUT2D eigenvalue weighted by Gasteiger charge is 2.14. The number of nitrogens with zero attached hydrogens (tertiary/aromatic N) is 4. The highest BCUT2D eigenvalue weighted by molar-refractivity contribution is 6.29. The van der Waals surface area contributed by atoms with E-state index in [9.17, 15) is 4.79 Å². The Bertz CT molecular complexity index is 681. The Labute approximate surface area is 113 Å². The number of nitrogens with one attached hydrogen (secondary N) is 1. The summed E-state index contributed by atoms with van der Waals surface area (Å²) < 4.78 is 0. The van der Waals surface area contributed by atoms with E-state index in [-0.39, 0.29) is 28.2 Å². The third-order valence-corrected chi connectivity index (χ3v) is 2.27. The van der Waals surface area contributed by atoms with Gasteiger partial charge in [0.25, 0.3) is 5.91 Å². The number of nitrogens with two attached hydrogens (primary N) is 1. The van der Waals surface area contributed by atoms with Crippen molar-refractivity contribution >= 4 is 29.1 Å². The van der Waals surface area contributed by atoms with Gasteiger partial charge in [-0.25, -0.2) is 15.0 Å². The molecule has 0 bridgehead atoms. The van der Waals surface area contributed by atoms with Crippen molar-refractivity contribution in [2.45, 2.75) is 0 Å². The first-order chi connectivity index (χ1) is 9.10. The van der Waals surface area contributed by atoms with Crippen molar-refractivity contribution in [1.82, 2.24) is 15.0 Å². The van der Waals surface area contributed by atoms with Gasteiger partial charge in [0.15, 0.2) is 11.5 Å². The van der Waals surface area contributed by atoms with Gasteiger partial charge < -0.3 is 11.1 Å². The molecule has 0 aromatic carbocycles. The monoisotopic (exact) mass is 274 g/mol. The SMILES string of the molecule is N#Cc1cccc(NC(=O)c2nc(Cl)cnc2N)n1. The Kier molecular flexibility index (Phi) is 3.54. The molecule has 7 nitrogen and oxygen atoms in total. The van der Waals surface area contributed by atoms with Crippen LogP contribution >= 0.6 is 11.6 Å². The number of pyridine rings is 1. The highest BCUT2D eigenvalue weighted by Crippen LogP contribution is 2.12. The molecule has 0 fully saturated rings. The van der Waals surface area contributed by atoms with Crippen molar-refractivity contribution in [3.05, 3.63) is 40.9 Å². The molecule has 8 heteroatoms. The van der Waals surface area contributed by atoms with Crippen molar-refractivity contribution in [2.75, 3.05) is 11.1 Å². The summed E-state index contributed by atoms with van der Waals surface area (Å²) in [5.41, 5.74) is 5.62. The molecule has 0 aliphatic carbocycles. The van der Waals surface area contributed by atoms with Crippen molar-refractivity contribution in [3.63, 3.8) is 0 Å². The fourth-order valence-electron chi connectivity index (χ4n) is 1.29. The van der Waals surface area contributed by atoms with Crippen molar-refractivity contribution in [2.24, 2.45) is 0 Å². The van der Waals surface area contributed by atoms with Crippen LogP contribution in [0.5, 0.6) is 0 Å². The number of carbonyl (C=O) groups excluding carboxylic acids is 1. The van der Waals surface area contributed by atoms with Crippen LogP contribution in [0.1, 0.15) is 16.2 Å². The van der Waals surface area contributed by atoms with Crippen LogP contribution in [-0.2, 0) is 0 Å². The first-order valence-corrected chi connectivity index (χ1v) is 5.44. The highest BCUT2D eigenvalue weighted by atomic mass is 35.5. The molecule has 2 aromatic heterocycles. The fraction of sp³-hybridized carbons (Fsp3) is 0. The largest absolute Gasteiger partial charge is 0.382 e. The van der Waals surface area contributed by atoms with Crippen molar-refractivity contribution in [3.8, 4) is 6.07 Å². The minimum Gasteiger partial charge on any atom is -0.382 e. The third kappa shape index (κ3) is 2.94. The number of rotatable bonds is 2. The summed E-state index contributed by atoms with van der Waals surface area (Å²) in [6.07, 6.45) is 1.24. The standard InChI is InChI=1S/C11H7ClN6O/c12-7-5-15-10(14)9(17-7)11(19)18-8-3-1-2-6(4-13)16-8/h1-3,5H,(H2,14,15)(H,16,18,19). The summed E-state index contributed by atoms with van der Waals surface area (Å²) >= 11 is 5.64. The molecule has 94 valence electrons. The lowest BCUT2D eigenvalue weighted by atomic mass is 10.3. The van der Waals surface area contributed by atoms with Gasteiger partial charge in [0.1, 0.15) is 22.7 Å². The van der Waals surface area contributed by atoms with E-state index in [1.165, 1.54) is 18.3 Å². The second-order valence-corrected chi connectivity index (χ2v) is 3.79. The maximum atomic E-state index is 11.9. The Morgan fingerprint density at radius 1 is 1.42 bits per heavy atom. The molecule has 2 rings (SSSR count). The van der Waals surface area contributed by atoms with E-state index in [2.05, 4.69) is 20.3 Å². The zero-order chi connectivity index (χ0) is 13.8. The van der Waals surface area contributed by atoms with E-state index in [4.69, 9.17) is 22.6 Å². The lowest BCUT2D eigenvalue weighted by Crippen LogP contribution is -2.17. The zero-order valence-electron chi connectivity index (χ0n) is 9.46. The summed E-state index contributed by atoms with van der Waals surface area (Å²) in [4.78, 5) is 23.3. The summed E-state index contributed by atoms with van der Waals surface area (Å²) in [5.74, 6) is -0.432. The quantitative estimate of drug-likeness (QED) is 0.850. The Morgan fingerprint density at radius 3 is 2.95 bits per heavy atom. The number of hydrogen-bond acceptors (Lipinski definition) is 6. The number of carbonyl (C=O) groups is 1. The molecule has 3 N–H and O–H groups in total. The van der Waals surface area contributed by atoms with Crippen LogP contribution in [0, 0.1) is 11.3 Å². The summed E-state index contributed by atoms with van der Waals surface area (Å²) in [5, 5.41) is 11.2. The molecular formula is C11H7ClN6O. The van der Waals surface area contributed by atoms with Gasteiger partial charge in [0.05, 0.1) is 6.20 Å². The van der Waals surface area contributed by atoms with Gasteiger partial charge in [-0.2, -0.15) is 5.26 Å². The molecule has 2 aromatic rings. The van der Waals surface area contributed by atoms with Crippen LogP contribution in [0.2, 0.25) is 5.15 Å². The van der Waals surface area contributed by atoms with E-state index >= 15 is 0 Å². The van der Waals surface area contributed by atoms with Gasteiger partial charge >= 0.3 is 0 Å². The van der Waals surface area contributed by atoms with E-state index in [1.54, 1.807) is 6.07 Å². The lowest BCUT2D eigenvalue weighted by Gasteiger charge is -2.05. The molecule has 0 saturated carbocycles. The Hall–Kier alpha value is -2.72. The Balaban J connectivity index is 2.26. The Morgan fingerprint density at radius 2 is 2.21 bits per heavy atom. The van der Waals surface area contributed by atoms with Crippen molar-refractivity contribution < 1.29 is 4.79 Å². The minimum atomic E-state index is -0.602. The molecule has 2 heterocycles. The number of amides is 1. The normalized spacial score (nSPS) is 9.68. The third-order valence-electron chi connectivity index (χ3n) is 2.09. The maximum Gasteiger partial charge on any atom is 0.279 e. The van der Waals surface area contributed by atoms with E-state index < -0.39 is 5.91 Å². The second kappa shape index (κ2) is 5.29. The van der Waals surface area contributed by atoms with Gasteiger partial charge in [0, 0.05) is 0 Å². The van der Waals surface area contributed by atoms with Gasteiger partial charge in [-0.15, -0.1) is 0 Å². The fourth-order valence-corrected chi connectivity index (χ4v) is 1.42. The molecule has 1 amide bonds. The van der Waals surface area contributed by atoms with Crippen LogP contribution in [0.4, 0.5) is 11.6 Å². The van der Waals surface area contributed by atoms with Crippen molar-refractivity contribution in [1.29, 1.82) is 5.26 Å². The smallest absolute Gasteiger partial charge is 0.279 e. The van der Waals surface area contributed by atoms with E-state index in [0.717, 1.165) is 0 Å². The summed E-state index contributed by atoms with van der Waals surface area (Å²) in [6.45, 7) is 0. The first-order valence-electron chi connectivity index (χ1n) is 5.06. The number of hydrogen-bond donors (Lipinski definition) is 2. The van der Waals surface area contributed by atoms with E-state index in [1.807, 2.05) is 6.07 Å². The average molecular weight is 275 g/mol. The van der Waals surface area contributed by atoms with Gasteiger partial charge in [-0.3, -0.25) is 4.79 Å². The number of nitriles is 1. The number of nitrogen functional groups attached to an aromatic ring is 1. The van der Waals surface area contributed by atoms with Crippen LogP contribution < -0.4 is 11.1 Å². The lowest BCUT2D eigenvalue weighted by molar-refractivity contribution is 0.102. The molecule has 0 radical (unpaired) electrons. The predicted octanol–water partition coefficient (Wildman–Crippen LogP) is 1.23. The molecule has 0 aliphatic heterocycles. The molecule has 19 heavy (non-hydrogen) atoms. The molecular weight excluding hydrogens is 268 g/mol. The first kappa shape index (κ1) is 12.7. The number of halogens is 1. The van der Waals surface area contributed by atoms with Crippen LogP contribution in [-0.4, -0.2) is 20.9 Å². The summed E-state index contributed by atoms with van der Waals surface area (Å²) in [6, 6.07) is 6.51. The molecule has 0 unspecified atom stereocenters. The number of aromatic nitrogens is 3. The molecule has 0 saturated heterocycles. The van der Waals surface area contributed by atoms with Gasteiger partial charge in [-0.05, 0) is 12.1 Å². The molecule has 0 atom stereocenters. The van der Waals surface area contributed by atoms with Crippen LogP contribution in [0.15, 0.2) is 24.4 Å². The number of anilines is 2. The second-order valence-electron chi connectivity index (χ2n) is 3.40. The topological polar surface area (TPSA) is 118 Å². The van der Waals surface area contributed by atoms with Crippen LogP contribution in [0.25, 0.3) is 0 Å². The molecule has 0 aliphatic rings. The van der Waals surface area contributed by atoms with Gasteiger partial charge in [-0.1, -0.05) is 17.7 Å². The maximum absolute atomic E-state index is 11.9. The van der Waals surface area contributed by atoms with Gasteiger partial charge in [0.2, 0.25) is 0 Å². The zero-order valence-corrected chi connectivity index (χ0v) is 10.2. The predicted molar refractivity (Wildman–Crippen MR) is 68.4 cm³/mol. The minimum absolute atomic E-state index is 0.0432. The average Bonchev–Trinajstić information content (AvgIpc) is 2.41.